The van der Waals surface area contributed by atoms with Crippen LogP contribution in [0.4, 0.5) is 0 Å². The summed E-state index contributed by atoms with van der Waals surface area (Å²) in [6, 6.07) is 19.4. The number of allylic oxidation sites excluding steroid dienone is 1. The van der Waals surface area contributed by atoms with Crippen LogP contribution >= 0.6 is 0 Å². The summed E-state index contributed by atoms with van der Waals surface area (Å²) in [4.78, 5) is 14.6. The lowest BCUT2D eigenvalue weighted by molar-refractivity contribution is -0.128. The Morgan fingerprint density at radius 2 is 1.62 bits per heavy atom. The predicted molar refractivity (Wildman–Crippen MR) is 103 cm³/mol. The topological polar surface area (TPSA) is 44.1 Å². The van der Waals surface area contributed by atoms with E-state index in [1.54, 1.807) is 0 Å². The van der Waals surface area contributed by atoms with E-state index in [4.69, 9.17) is 0 Å². The van der Waals surface area contributed by atoms with Crippen molar-refractivity contribution in [2.24, 2.45) is 0 Å². The number of hydrogen-bond donors (Lipinski definition) is 0. The zero-order valence-electron chi connectivity index (χ0n) is 15.0. The van der Waals surface area contributed by atoms with Gasteiger partial charge >= 0.3 is 0 Å². The summed E-state index contributed by atoms with van der Waals surface area (Å²) in [5.41, 5.74) is 3.21. The third-order valence-corrected chi connectivity index (χ3v) is 4.94. The summed E-state index contributed by atoms with van der Waals surface area (Å²) in [6.45, 7) is 0.456. The molecule has 3 rings (SSSR count). The molecule has 0 atom stereocenters. The van der Waals surface area contributed by atoms with E-state index in [0.29, 0.717) is 6.54 Å². The van der Waals surface area contributed by atoms with Crippen molar-refractivity contribution in [1.82, 2.24) is 4.90 Å². The van der Waals surface area contributed by atoms with E-state index < -0.39 is 5.92 Å². The molecular weight excluding hydrogens is 320 g/mol. The molecule has 0 heterocycles. The molecule has 3 nitrogen and oxygen atoms in total. The van der Waals surface area contributed by atoms with Crippen LogP contribution in [0.3, 0.4) is 0 Å². The molecular formula is C23H24N2O. The van der Waals surface area contributed by atoms with E-state index in [0.717, 1.165) is 30.4 Å². The number of carbonyl (C=O) groups excluding carboxylic acids is 1. The molecule has 3 heteroatoms. The Balaban J connectivity index is 1.81. The first-order valence-corrected chi connectivity index (χ1v) is 9.28. The van der Waals surface area contributed by atoms with E-state index in [-0.39, 0.29) is 5.91 Å². The van der Waals surface area contributed by atoms with E-state index in [1.807, 2.05) is 60.7 Å². The summed E-state index contributed by atoms with van der Waals surface area (Å²) < 4.78 is 0. The summed E-state index contributed by atoms with van der Waals surface area (Å²) in [5, 5.41) is 9.60. The van der Waals surface area contributed by atoms with Gasteiger partial charge in [0.2, 0.25) is 5.91 Å². The van der Waals surface area contributed by atoms with Crippen LogP contribution in [-0.2, 0) is 4.79 Å². The highest BCUT2D eigenvalue weighted by atomic mass is 16.2. The highest BCUT2D eigenvalue weighted by molar-refractivity contribution is 5.88. The molecule has 132 valence electrons. The quantitative estimate of drug-likeness (QED) is 0.419. The number of hydrogen-bond acceptors (Lipinski definition) is 2. The van der Waals surface area contributed by atoms with Crippen molar-refractivity contribution in [3.63, 3.8) is 0 Å². The molecule has 0 spiro atoms. The summed E-state index contributed by atoms with van der Waals surface area (Å²) in [6.07, 6.45) is 9.84. The molecule has 1 aliphatic rings. The van der Waals surface area contributed by atoms with Crippen molar-refractivity contribution >= 4 is 5.91 Å². The summed E-state index contributed by atoms with van der Waals surface area (Å²) in [5.74, 6) is -0.598. The van der Waals surface area contributed by atoms with Crippen molar-refractivity contribution in [2.45, 2.75) is 38.0 Å². The average molecular weight is 344 g/mol. The normalized spacial score (nSPS) is 13.8. The molecule has 0 aromatic heterocycles. The van der Waals surface area contributed by atoms with Crippen molar-refractivity contribution in [3.05, 3.63) is 83.4 Å². The number of rotatable bonds is 6. The summed E-state index contributed by atoms with van der Waals surface area (Å²) in [7, 11) is 0. The molecule has 0 saturated carbocycles. The second-order valence-electron chi connectivity index (χ2n) is 6.70. The zero-order valence-corrected chi connectivity index (χ0v) is 15.0. The van der Waals surface area contributed by atoms with Crippen LogP contribution in [0.5, 0.6) is 0 Å². The minimum absolute atomic E-state index is 0.152. The number of carbonyl (C=O) groups is 1. The van der Waals surface area contributed by atoms with Gasteiger partial charge in [-0.15, -0.1) is 0 Å². The Morgan fingerprint density at radius 1 is 1.00 bits per heavy atom. The van der Waals surface area contributed by atoms with Gasteiger partial charge in [0.15, 0.2) is 6.19 Å². The van der Waals surface area contributed by atoms with Crippen molar-refractivity contribution < 1.29 is 4.79 Å². The molecule has 1 amide bonds. The minimum atomic E-state index is -0.447. The lowest BCUT2D eigenvalue weighted by Gasteiger charge is -2.23. The second-order valence-corrected chi connectivity index (χ2v) is 6.70. The Morgan fingerprint density at radius 3 is 2.12 bits per heavy atom. The first-order chi connectivity index (χ1) is 12.8. The summed E-state index contributed by atoms with van der Waals surface area (Å²) >= 11 is 0. The Labute approximate surface area is 155 Å². The zero-order chi connectivity index (χ0) is 18.2. The molecule has 2 aromatic carbocycles. The maximum atomic E-state index is 13.2. The minimum Gasteiger partial charge on any atom is -0.273 e. The maximum absolute atomic E-state index is 13.2. The van der Waals surface area contributed by atoms with Gasteiger partial charge in [0.25, 0.3) is 0 Å². The Hall–Kier alpha value is -2.86. The SMILES string of the molecule is N#CN(CCC1=CCCCC1)C(=O)C(c1ccccc1)c1ccccc1. The molecule has 0 unspecified atom stereocenters. The molecule has 0 saturated heterocycles. The van der Waals surface area contributed by atoms with Gasteiger partial charge < -0.3 is 0 Å². The van der Waals surface area contributed by atoms with Crippen LogP contribution in [-0.4, -0.2) is 17.4 Å². The molecule has 1 aliphatic carbocycles. The van der Waals surface area contributed by atoms with Gasteiger partial charge in [0.1, 0.15) is 0 Å². The van der Waals surface area contributed by atoms with Crippen molar-refractivity contribution in [2.75, 3.05) is 6.54 Å². The lowest BCUT2D eigenvalue weighted by atomic mass is 9.90. The first-order valence-electron chi connectivity index (χ1n) is 9.28. The molecule has 26 heavy (non-hydrogen) atoms. The van der Waals surface area contributed by atoms with Crippen LogP contribution in [0.15, 0.2) is 72.3 Å². The van der Waals surface area contributed by atoms with Crippen LogP contribution in [0.25, 0.3) is 0 Å². The number of benzene rings is 2. The smallest absolute Gasteiger partial charge is 0.247 e. The second kappa shape index (κ2) is 9.01. The van der Waals surface area contributed by atoms with Crippen LogP contribution in [0.2, 0.25) is 0 Å². The monoisotopic (exact) mass is 344 g/mol. The van der Waals surface area contributed by atoms with E-state index in [2.05, 4.69) is 12.3 Å². The van der Waals surface area contributed by atoms with Crippen LogP contribution in [0.1, 0.15) is 49.1 Å². The predicted octanol–water partition coefficient (Wildman–Crippen LogP) is 5.02. The number of nitrogens with zero attached hydrogens (tertiary/aromatic N) is 2. The van der Waals surface area contributed by atoms with Gasteiger partial charge in [0, 0.05) is 6.54 Å². The van der Waals surface area contributed by atoms with E-state index >= 15 is 0 Å². The van der Waals surface area contributed by atoms with E-state index in [9.17, 15) is 10.1 Å². The lowest BCUT2D eigenvalue weighted by Crippen LogP contribution is -2.33. The fourth-order valence-electron chi connectivity index (χ4n) is 3.52. The highest BCUT2D eigenvalue weighted by Crippen LogP contribution is 2.27. The van der Waals surface area contributed by atoms with Gasteiger partial charge in [-0.1, -0.05) is 72.3 Å². The fourth-order valence-corrected chi connectivity index (χ4v) is 3.52. The van der Waals surface area contributed by atoms with Gasteiger partial charge in [0.05, 0.1) is 5.92 Å². The standard InChI is InChI=1S/C23H24N2O/c24-18-25(17-16-19-10-4-1-5-11-19)23(26)22(20-12-6-2-7-13-20)21-14-8-3-9-15-21/h2-3,6-10,12-15,22H,1,4-5,11,16-17H2. The molecule has 0 N–H and O–H groups in total. The molecule has 0 aliphatic heterocycles. The van der Waals surface area contributed by atoms with Crippen LogP contribution < -0.4 is 0 Å². The van der Waals surface area contributed by atoms with Gasteiger partial charge in [-0.2, -0.15) is 5.26 Å². The van der Waals surface area contributed by atoms with E-state index in [1.165, 1.54) is 23.3 Å². The Bertz CT molecular complexity index is 750. The van der Waals surface area contributed by atoms with Crippen LogP contribution in [0, 0.1) is 11.5 Å². The van der Waals surface area contributed by atoms with Gasteiger partial charge in [-0.05, 0) is 43.2 Å². The number of nitriles is 1. The molecule has 0 radical (unpaired) electrons. The van der Waals surface area contributed by atoms with Crippen molar-refractivity contribution in [1.29, 1.82) is 5.26 Å². The Kier molecular flexibility index (Phi) is 6.22. The third-order valence-electron chi connectivity index (χ3n) is 4.94. The van der Waals surface area contributed by atoms with Gasteiger partial charge in [-0.25, -0.2) is 4.90 Å². The van der Waals surface area contributed by atoms with Crippen molar-refractivity contribution in [3.8, 4) is 6.19 Å². The third kappa shape index (κ3) is 4.40. The largest absolute Gasteiger partial charge is 0.273 e. The fraction of sp³-hybridized carbons (Fsp3) is 0.304. The maximum Gasteiger partial charge on any atom is 0.247 e. The molecule has 0 bridgehead atoms. The van der Waals surface area contributed by atoms with Gasteiger partial charge in [-0.3, -0.25) is 4.79 Å². The molecule has 0 fully saturated rings. The first kappa shape index (κ1) is 17.9. The average Bonchev–Trinajstić information content (AvgIpc) is 2.71. The molecule has 2 aromatic rings. The number of amides is 1. The highest BCUT2D eigenvalue weighted by Gasteiger charge is 2.27.